The average Bonchev–Trinajstić information content (AvgIpc) is 2.72. The van der Waals surface area contributed by atoms with E-state index in [1.165, 1.54) is 11.8 Å². The molecule has 1 aromatic carbocycles. The van der Waals surface area contributed by atoms with E-state index in [0.717, 1.165) is 25.8 Å². The van der Waals surface area contributed by atoms with Gasteiger partial charge in [0.05, 0.1) is 12.4 Å². The van der Waals surface area contributed by atoms with E-state index in [0.29, 0.717) is 37.7 Å². The Labute approximate surface area is 153 Å². The third-order valence-electron chi connectivity index (χ3n) is 4.41. The van der Waals surface area contributed by atoms with Crippen molar-refractivity contribution in [1.29, 1.82) is 0 Å². The summed E-state index contributed by atoms with van der Waals surface area (Å²) in [5.41, 5.74) is 1.65. The van der Waals surface area contributed by atoms with Crippen LogP contribution in [0.15, 0.2) is 42.7 Å². The average molecular weight is 353 g/mol. The molecule has 0 radical (unpaired) electrons. The SMILES string of the molecule is O=CN1CCN(C(=O)c2cnc(NCCCc3ccccc3)cn2)CC1. The monoisotopic (exact) mass is 353 g/mol. The number of hydrogen-bond acceptors (Lipinski definition) is 5. The summed E-state index contributed by atoms with van der Waals surface area (Å²) in [5, 5.41) is 3.23. The summed E-state index contributed by atoms with van der Waals surface area (Å²) in [6.45, 7) is 2.97. The Bertz CT molecular complexity index is 712. The number of nitrogens with zero attached hydrogens (tertiary/aromatic N) is 4. The van der Waals surface area contributed by atoms with Gasteiger partial charge in [0.2, 0.25) is 6.41 Å². The van der Waals surface area contributed by atoms with Crippen LogP contribution in [0.25, 0.3) is 0 Å². The van der Waals surface area contributed by atoms with Crippen molar-refractivity contribution < 1.29 is 9.59 Å². The van der Waals surface area contributed by atoms with Gasteiger partial charge in [0, 0.05) is 32.7 Å². The molecule has 1 saturated heterocycles. The maximum absolute atomic E-state index is 12.4. The molecule has 0 aliphatic carbocycles. The predicted octanol–water partition coefficient (Wildman–Crippen LogP) is 1.44. The second-order valence-corrected chi connectivity index (χ2v) is 6.24. The van der Waals surface area contributed by atoms with Crippen LogP contribution in [-0.2, 0) is 11.2 Å². The van der Waals surface area contributed by atoms with Crippen molar-refractivity contribution in [2.24, 2.45) is 0 Å². The highest BCUT2D eigenvalue weighted by Gasteiger charge is 2.22. The maximum Gasteiger partial charge on any atom is 0.274 e. The number of carbonyl (C=O) groups excluding carboxylic acids is 2. The lowest BCUT2D eigenvalue weighted by molar-refractivity contribution is -0.119. The Morgan fingerprint density at radius 2 is 1.85 bits per heavy atom. The van der Waals surface area contributed by atoms with Gasteiger partial charge in [0.15, 0.2) is 0 Å². The molecule has 2 heterocycles. The highest BCUT2D eigenvalue weighted by Crippen LogP contribution is 2.08. The molecule has 3 rings (SSSR count). The number of aryl methyl sites for hydroxylation is 1. The number of carbonyl (C=O) groups is 2. The van der Waals surface area contributed by atoms with Crippen LogP contribution in [0.1, 0.15) is 22.5 Å². The summed E-state index contributed by atoms with van der Waals surface area (Å²) in [6, 6.07) is 10.3. The third kappa shape index (κ3) is 4.78. The number of piperazine rings is 1. The van der Waals surface area contributed by atoms with Gasteiger partial charge in [-0.05, 0) is 18.4 Å². The molecule has 0 bridgehead atoms. The van der Waals surface area contributed by atoms with E-state index in [1.807, 2.05) is 18.2 Å². The molecule has 0 atom stereocenters. The van der Waals surface area contributed by atoms with Crippen molar-refractivity contribution in [2.75, 3.05) is 38.0 Å². The van der Waals surface area contributed by atoms with Gasteiger partial charge < -0.3 is 15.1 Å². The first-order valence-electron chi connectivity index (χ1n) is 8.85. The molecule has 1 fully saturated rings. The van der Waals surface area contributed by atoms with Crippen molar-refractivity contribution >= 4 is 18.1 Å². The van der Waals surface area contributed by atoms with E-state index in [-0.39, 0.29) is 5.91 Å². The van der Waals surface area contributed by atoms with Crippen LogP contribution < -0.4 is 5.32 Å². The van der Waals surface area contributed by atoms with E-state index in [1.54, 1.807) is 16.0 Å². The molecule has 1 aliphatic heterocycles. The first kappa shape index (κ1) is 17.8. The third-order valence-corrected chi connectivity index (χ3v) is 4.41. The van der Waals surface area contributed by atoms with Gasteiger partial charge >= 0.3 is 0 Å². The number of anilines is 1. The van der Waals surface area contributed by atoms with E-state index in [4.69, 9.17) is 0 Å². The summed E-state index contributed by atoms with van der Waals surface area (Å²) in [6.07, 6.45) is 5.92. The second-order valence-electron chi connectivity index (χ2n) is 6.24. The van der Waals surface area contributed by atoms with Gasteiger partial charge in [-0.15, -0.1) is 0 Å². The van der Waals surface area contributed by atoms with Crippen LogP contribution in [0.4, 0.5) is 5.82 Å². The molecule has 0 saturated carbocycles. The summed E-state index contributed by atoms with van der Waals surface area (Å²) in [7, 11) is 0. The molecule has 1 N–H and O–H groups in total. The number of benzene rings is 1. The van der Waals surface area contributed by atoms with Gasteiger partial charge in [-0.3, -0.25) is 9.59 Å². The predicted molar refractivity (Wildman–Crippen MR) is 98.8 cm³/mol. The fourth-order valence-electron chi connectivity index (χ4n) is 2.88. The largest absolute Gasteiger partial charge is 0.369 e. The standard InChI is InChI=1S/C19H23N5O2/c25-15-23-9-11-24(12-10-23)19(26)17-13-22-18(14-21-17)20-8-4-7-16-5-2-1-3-6-16/h1-3,5-6,13-15H,4,7-12H2,(H,20,22). The Balaban J connectivity index is 1.44. The Morgan fingerprint density at radius 1 is 1.08 bits per heavy atom. The van der Waals surface area contributed by atoms with Crippen molar-refractivity contribution in [3.05, 3.63) is 54.0 Å². The first-order chi connectivity index (χ1) is 12.8. The highest BCUT2D eigenvalue weighted by molar-refractivity contribution is 5.92. The molecule has 136 valence electrons. The molecule has 1 aliphatic rings. The fraction of sp³-hybridized carbons (Fsp3) is 0.368. The Morgan fingerprint density at radius 3 is 2.50 bits per heavy atom. The first-order valence-corrected chi connectivity index (χ1v) is 8.85. The molecular formula is C19H23N5O2. The van der Waals surface area contributed by atoms with Crippen molar-refractivity contribution in [2.45, 2.75) is 12.8 Å². The van der Waals surface area contributed by atoms with E-state index in [9.17, 15) is 9.59 Å². The zero-order valence-corrected chi connectivity index (χ0v) is 14.7. The Hall–Kier alpha value is -2.96. The molecule has 0 spiro atoms. The number of amides is 2. The molecule has 7 nitrogen and oxygen atoms in total. The molecule has 0 unspecified atom stereocenters. The van der Waals surface area contributed by atoms with E-state index < -0.39 is 0 Å². The molecule has 2 aromatic rings. The van der Waals surface area contributed by atoms with Gasteiger partial charge in [0.25, 0.3) is 5.91 Å². The molecule has 2 amide bonds. The summed E-state index contributed by atoms with van der Waals surface area (Å²) in [5.74, 6) is 0.527. The number of hydrogen-bond donors (Lipinski definition) is 1. The van der Waals surface area contributed by atoms with Crippen LogP contribution in [0, 0.1) is 0 Å². The Kier molecular flexibility index (Phi) is 6.14. The minimum absolute atomic E-state index is 0.140. The number of rotatable bonds is 7. The molecule has 26 heavy (non-hydrogen) atoms. The van der Waals surface area contributed by atoms with Crippen LogP contribution in [-0.4, -0.2) is 64.8 Å². The smallest absolute Gasteiger partial charge is 0.274 e. The topological polar surface area (TPSA) is 78.4 Å². The minimum atomic E-state index is -0.140. The lowest BCUT2D eigenvalue weighted by atomic mass is 10.1. The summed E-state index contributed by atoms with van der Waals surface area (Å²) >= 11 is 0. The second kappa shape index (κ2) is 8.94. The summed E-state index contributed by atoms with van der Waals surface area (Å²) in [4.78, 5) is 35.0. The van der Waals surface area contributed by atoms with Crippen LogP contribution in [0.5, 0.6) is 0 Å². The maximum atomic E-state index is 12.4. The van der Waals surface area contributed by atoms with Gasteiger partial charge in [-0.2, -0.15) is 0 Å². The highest BCUT2D eigenvalue weighted by atomic mass is 16.2. The fourth-order valence-corrected chi connectivity index (χ4v) is 2.88. The quantitative estimate of drug-likeness (QED) is 0.602. The lowest BCUT2D eigenvalue weighted by Crippen LogP contribution is -2.48. The van der Waals surface area contributed by atoms with Crippen LogP contribution >= 0.6 is 0 Å². The molecule has 1 aromatic heterocycles. The van der Waals surface area contributed by atoms with Gasteiger partial charge in [-0.25, -0.2) is 9.97 Å². The van der Waals surface area contributed by atoms with Gasteiger partial charge in [0.1, 0.15) is 11.5 Å². The van der Waals surface area contributed by atoms with Gasteiger partial charge in [-0.1, -0.05) is 30.3 Å². The van der Waals surface area contributed by atoms with E-state index in [2.05, 4.69) is 27.4 Å². The van der Waals surface area contributed by atoms with Crippen molar-refractivity contribution in [3.63, 3.8) is 0 Å². The number of aromatic nitrogens is 2. The normalized spacial score (nSPS) is 14.2. The minimum Gasteiger partial charge on any atom is -0.369 e. The van der Waals surface area contributed by atoms with Crippen molar-refractivity contribution in [3.8, 4) is 0 Å². The van der Waals surface area contributed by atoms with Crippen molar-refractivity contribution in [1.82, 2.24) is 19.8 Å². The van der Waals surface area contributed by atoms with Crippen LogP contribution in [0.2, 0.25) is 0 Å². The zero-order valence-electron chi connectivity index (χ0n) is 14.7. The number of nitrogens with one attached hydrogen (secondary N) is 1. The van der Waals surface area contributed by atoms with Crippen LogP contribution in [0.3, 0.4) is 0 Å². The van der Waals surface area contributed by atoms with E-state index >= 15 is 0 Å². The summed E-state index contributed by atoms with van der Waals surface area (Å²) < 4.78 is 0. The zero-order chi connectivity index (χ0) is 18.2. The molecular weight excluding hydrogens is 330 g/mol. The molecule has 7 heteroatoms. The lowest BCUT2D eigenvalue weighted by Gasteiger charge is -2.32.